The number of aliphatic hydroxyl groups excluding tert-OH is 1. The van der Waals surface area contributed by atoms with Gasteiger partial charge in [-0.05, 0) is 90.0 Å². The molecular formula is C46H44N6O7. The van der Waals surface area contributed by atoms with Crippen LogP contribution >= 0.6 is 0 Å². The van der Waals surface area contributed by atoms with E-state index in [0.717, 1.165) is 21.6 Å². The van der Waals surface area contributed by atoms with E-state index in [1.165, 1.54) is 6.07 Å². The molecule has 2 heterocycles. The van der Waals surface area contributed by atoms with Gasteiger partial charge >= 0.3 is 12.2 Å². The topological polar surface area (TPSA) is 183 Å². The van der Waals surface area contributed by atoms with Crippen molar-refractivity contribution in [2.24, 2.45) is 0 Å². The number of amides is 4. The molecule has 0 fully saturated rings. The number of carboxylic acid groups (broad SMARTS) is 1. The third kappa shape index (κ3) is 12.1. The van der Waals surface area contributed by atoms with Crippen molar-refractivity contribution in [1.29, 1.82) is 0 Å². The summed E-state index contributed by atoms with van der Waals surface area (Å²) in [5, 5.41) is 31.0. The number of anilines is 2. The van der Waals surface area contributed by atoms with Gasteiger partial charge in [-0.2, -0.15) is 0 Å². The monoisotopic (exact) mass is 792 g/mol. The van der Waals surface area contributed by atoms with Crippen LogP contribution in [0.1, 0.15) is 49.4 Å². The van der Waals surface area contributed by atoms with Crippen LogP contribution in [0.5, 0.6) is 0 Å². The molecule has 6 rings (SSSR count). The number of nitrogens with zero attached hydrogens (tertiary/aromatic N) is 3. The fourth-order valence-corrected chi connectivity index (χ4v) is 6.60. The van der Waals surface area contributed by atoms with Crippen LogP contribution in [0.25, 0.3) is 0 Å². The van der Waals surface area contributed by atoms with Crippen molar-refractivity contribution >= 4 is 35.4 Å². The first-order chi connectivity index (χ1) is 28.7. The van der Waals surface area contributed by atoms with Crippen molar-refractivity contribution in [3.05, 3.63) is 192 Å². The molecule has 0 aliphatic heterocycles. The molecular weight excluding hydrogens is 749 g/mol. The standard InChI is InChI=1S/C46H44N6O7/c53-42(40(28-33-13-5-2-6-14-33)50-44(55)38-16-8-10-18-41(38)52(46(57)58)30-34-19-23-47-24-20-34)29-36(27-32-11-3-1-4-12-32)49-43(54)37-15-7-9-17-39(37)51-45(56)59-31-35-21-25-48-26-22-35/h1-26,36,40,42,53H,27-31H2,(H,49,54)(H,50,55)(H,51,56)(H,57,58)/t36-,40-,42-/m0/s1. The van der Waals surface area contributed by atoms with E-state index in [1.807, 2.05) is 60.7 Å². The molecule has 0 unspecified atom stereocenters. The number of ether oxygens (including phenoxy) is 1. The van der Waals surface area contributed by atoms with Gasteiger partial charge in [0.15, 0.2) is 0 Å². The van der Waals surface area contributed by atoms with Crippen LogP contribution in [0.2, 0.25) is 0 Å². The van der Waals surface area contributed by atoms with Gasteiger partial charge in [-0.25, -0.2) is 9.59 Å². The highest BCUT2D eigenvalue weighted by atomic mass is 16.5. The van der Waals surface area contributed by atoms with Crippen LogP contribution in [0.15, 0.2) is 158 Å². The summed E-state index contributed by atoms with van der Waals surface area (Å²) in [5.41, 5.74) is 3.86. The summed E-state index contributed by atoms with van der Waals surface area (Å²) in [6.07, 6.45) is 3.72. The average molecular weight is 793 g/mol. The Morgan fingerprint density at radius 3 is 1.80 bits per heavy atom. The zero-order chi connectivity index (χ0) is 41.4. The maximum absolute atomic E-state index is 14.2. The number of carbonyl (C=O) groups excluding carboxylic acids is 3. The highest BCUT2D eigenvalue weighted by Gasteiger charge is 2.29. The number of carbonyl (C=O) groups is 4. The second kappa shape index (κ2) is 20.7. The van der Waals surface area contributed by atoms with Crippen LogP contribution in [-0.4, -0.2) is 62.4 Å². The van der Waals surface area contributed by atoms with Crippen LogP contribution < -0.4 is 20.9 Å². The molecule has 3 atom stereocenters. The van der Waals surface area contributed by atoms with Gasteiger partial charge < -0.3 is 25.6 Å². The van der Waals surface area contributed by atoms with E-state index in [4.69, 9.17) is 4.74 Å². The Hall–Kier alpha value is -7.38. The number of hydrogen-bond donors (Lipinski definition) is 5. The number of rotatable bonds is 17. The molecule has 6 aromatic rings. The summed E-state index contributed by atoms with van der Waals surface area (Å²) < 4.78 is 5.37. The molecule has 59 heavy (non-hydrogen) atoms. The Morgan fingerprint density at radius 1 is 0.610 bits per heavy atom. The number of aromatic nitrogens is 2. The second-order valence-corrected chi connectivity index (χ2v) is 13.8. The molecule has 0 saturated carbocycles. The molecule has 2 aromatic heterocycles. The van der Waals surface area contributed by atoms with Crippen LogP contribution in [-0.2, 0) is 30.7 Å². The van der Waals surface area contributed by atoms with E-state index in [2.05, 4.69) is 25.9 Å². The van der Waals surface area contributed by atoms with Gasteiger partial charge in [-0.3, -0.25) is 29.8 Å². The zero-order valence-corrected chi connectivity index (χ0v) is 32.1. The van der Waals surface area contributed by atoms with Crippen molar-refractivity contribution in [2.75, 3.05) is 10.2 Å². The van der Waals surface area contributed by atoms with Gasteiger partial charge in [0.1, 0.15) is 6.61 Å². The molecule has 0 aliphatic rings. The number of aliphatic hydroxyl groups is 1. The molecule has 0 spiro atoms. The van der Waals surface area contributed by atoms with Crippen LogP contribution in [0.4, 0.5) is 21.0 Å². The fourth-order valence-electron chi connectivity index (χ4n) is 6.60. The smallest absolute Gasteiger partial charge is 0.412 e. The van der Waals surface area contributed by atoms with E-state index in [9.17, 15) is 29.4 Å². The number of nitrogens with one attached hydrogen (secondary N) is 3. The number of pyridine rings is 2. The fraction of sp³-hybridized carbons (Fsp3) is 0.174. The molecule has 13 nitrogen and oxygen atoms in total. The molecule has 4 amide bonds. The maximum atomic E-state index is 14.2. The lowest BCUT2D eigenvalue weighted by Gasteiger charge is -2.29. The van der Waals surface area contributed by atoms with Crippen molar-refractivity contribution in [1.82, 2.24) is 20.6 Å². The zero-order valence-electron chi connectivity index (χ0n) is 32.1. The van der Waals surface area contributed by atoms with E-state index in [0.29, 0.717) is 12.0 Å². The minimum absolute atomic E-state index is 0.00937. The molecule has 4 aromatic carbocycles. The highest BCUT2D eigenvalue weighted by Crippen LogP contribution is 2.24. The second-order valence-electron chi connectivity index (χ2n) is 13.8. The van der Waals surface area contributed by atoms with E-state index in [-0.39, 0.29) is 48.5 Å². The molecule has 0 bridgehead atoms. The first-order valence-corrected chi connectivity index (χ1v) is 19.0. The number of benzene rings is 4. The summed E-state index contributed by atoms with van der Waals surface area (Å²) in [6, 6.07) is 37.1. The molecule has 5 N–H and O–H groups in total. The average Bonchev–Trinajstić information content (AvgIpc) is 3.26. The largest absolute Gasteiger partial charge is 0.465 e. The van der Waals surface area contributed by atoms with Crippen molar-refractivity contribution in [3.8, 4) is 0 Å². The lowest BCUT2D eigenvalue weighted by Crippen LogP contribution is -2.49. The lowest BCUT2D eigenvalue weighted by atomic mass is 9.93. The van der Waals surface area contributed by atoms with Crippen LogP contribution in [0, 0.1) is 0 Å². The normalized spacial score (nSPS) is 12.3. The molecule has 300 valence electrons. The van der Waals surface area contributed by atoms with Gasteiger partial charge in [0.05, 0.1) is 41.2 Å². The lowest BCUT2D eigenvalue weighted by molar-refractivity contribution is 0.0756. The van der Waals surface area contributed by atoms with Gasteiger partial charge in [-0.15, -0.1) is 0 Å². The van der Waals surface area contributed by atoms with E-state index < -0.39 is 42.2 Å². The molecule has 13 heteroatoms. The number of hydrogen-bond acceptors (Lipinski definition) is 8. The minimum Gasteiger partial charge on any atom is -0.465 e. The predicted molar refractivity (Wildman–Crippen MR) is 223 cm³/mol. The van der Waals surface area contributed by atoms with Crippen molar-refractivity contribution < 1.29 is 34.1 Å². The Labute approximate surface area is 341 Å². The van der Waals surface area contributed by atoms with Crippen LogP contribution in [0.3, 0.4) is 0 Å². The quantitative estimate of drug-likeness (QED) is 0.0647. The summed E-state index contributed by atoms with van der Waals surface area (Å²) >= 11 is 0. The third-order valence-corrected chi connectivity index (χ3v) is 9.55. The van der Waals surface area contributed by atoms with Gasteiger partial charge in [-0.1, -0.05) is 84.9 Å². The third-order valence-electron chi connectivity index (χ3n) is 9.55. The summed E-state index contributed by atoms with van der Waals surface area (Å²) in [7, 11) is 0. The Bertz CT molecular complexity index is 2300. The summed E-state index contributed by atoms with van der Waals surface area (Å²) in [5.74, 6) is -1.08. The first kappa shape index (κ1) is 41.3. The van der Waals surface area contributed by atoms with E-state index >= 15 is 0 Å². The Kier molecular flexibility index (Phi) is 14.5. The van der Waals surface area contributed by atoms with Gasteiger partial charge in [0.2, 0.25) is 0 Å². The van der Waals surface area contributed by atoms with Gasteiger partial charge in [0.25, 0.3) is 11.8 Å². The predicted octanol–water partition coefficient (Wildman–Crippen LogP) is 7.04. The Morgan fingerprint density at radius 2 is 1.15 bits per heavy atom. The Balaban J connectivity index is 1.23. The van der Waals surface area contributed by atoms with Gasteiger partial charge in [0, 0.05) is 30.8 Å². The van der Waals surface area contributed by atoms with E-state index in [1.54, 1.807) is 91.5 Å². The maximum Gasteiger partial charge on any atom is 0.412 e. The molecule has 0 aliphatic carbocycles. The van der Waals surface area contributed by atoms with Crippen molar-refractivity contribution in [2.45, 2.75) is 50.6 Å². The summed E-state index contributed by atoms with van der Waals surface area (Å²) in [4.78, 5) is 62.6. The van der Waals surface area contributed by atoms with Crippen molar-refractivity contribution in [3.63, 3.8) is 0 Å². The number of para-hydroxylation sites is 2. The minimum atomic E-state index is -1.25. The summed E-state index contributed by atoms with van der Waals surface area (Å²) in [6.45, 7) is -0.0139. The molecule has 0 saturated heterocycles. The molecule has 0 radical (unpaired) electrons. The highest BCUT2D eigenvalue weighted by molar-refractivity contribution is 6.04. The first-order valence-electron chi connectivity index (χ1n) is 19.0. The SMILES string of the molecule is O=C(Nc1ccccc1C(=O)N[C@@H](Cc1ccccc1)C[C@H](O)[C@H](Cc1ccccc1)NC(=O)c1ccccc1N(Cc1ccncc1)C(=O)O)OCc1ccncc1.